The minimum absolute atomic E-state index is 0.0357. The average molecular weight is 480 g/mol. The van der Waals surface area contributed by atoms with E-state index in [0.717, 1.165) is 31.0 Å². The van der Waals surface area contributed by atoms with Gasteiger partial charge in [-0.3, -0.25) is 28.7 Å². The van der Waals surface area contributed by atoms with Crippen LogP contribution in [0.25, 0.3) is 16.7 Å². The average Bonchev–Trinajstić information content (AvgIpc) is 3.29. The van der Waals surface area contributed by atoms with Gasteiger partial charge in [0.05, 0.1) is 23.8 Å². The summed E-state index contributed by atoms with van der Waals surface area (Å²) in [6.45, 7) is 2.65. The van der Waals surface area contributed by atoms with Gasteiger partial charge in [0.2, 0.25) is 11.7 Å². The monoisotopic (exact) mass is 479 g/mol. The van der Waals surface area contributed by atoms with Crippen LogP contribution in [-0.4, -0.2) is 43.8 Å². The summed E-state index contributed by atoms with van der Waals surface area (Å²) in [4.78, 5) is 37.9. The van der Waals surface area contributed by atoms with Gasteiger partial charge in [0.15, 0.2) is 5.16 Å². The number of imide groups is 1. The van der Waals surface area contributed by atoms with Crippen molar-refractivity contribution in [2.75, 3.05) is 12.9 Å². The topological polar surface area (TPSA) is 108 Å². The number of nitrogens with zero attached hydrogens (tertiary/aromatic N) is 4. The van der Waals surface area contributed by atoms with Crippen LogP contribution in [0.4, 0.5) is 0 Å². The van der Waals surface area contributed by atoms with Gasteiger partial charge in [-0.1, -0.05) is 43.7 Å². The lowest BCUT2D eigenvalue weighted by atomic mass is 10.2. The quantitative estimate of drug-likeness (QED) is 0.290. The summed E-state index contributed by atoms with van der Waals surface area (Å²) in [5.41, 5.74) is 0.927. The molecule has 10 heteroatoms. The number of hydrogen-bond donors (Lipinski definition) is 1. The molecule has 0 aliphatic heterocycles. The van der Waals surface area contributed by atoms with E-state index in [1.165, 1.54) is 7.11 Å². The number of unbranched alkanes of at least 4 members (excludes halogenated alkanes) is 2. The molecule has 0 aliphatic carbocycles. The van der Waals surface area contributed by atoms with Gasteiger partial charge in [0, 0.05) is 12.1 Å². The number of benzene rings is 2. The predicted octanol–water partition coefficient (Wildman–Crippen LogP) is 3.29. The Bertz CT molecular complexity index is 1390. The summed E-state index contributed by atoms with van der Waals surface area (Å²) in [6.07, 6.45) is 2.90. The lowest BCUT2D eigenvalue weighted by Gasteiger charge is -2.11. The Morgan fingerprint density at radius 2 is 1.82 bits per heavy atom. The summed E-state index contributed by atoms with van der Waals surface area (Å²) < 4.78 is 8.52. The second-order valence-electron chi connectivity index (χ2n) is 7.69. The molecule has 0 saturated heterocycles. The van der Waals surface area contributed by atoms with E-state index in [1.54, 1.807) is 39.3 Å². The number of thioether (sulfide) groups is 1. The number of aromatic nitrogens is 4. The van der Waals surface area contributed by atoms with Gasteiger partial charge in [0.25, 0.3) is 11.5 Å². The third kappa shape index (κ3) is 4.81. The van der Waals surface area contributed by atoms with Crippen LogP contribution in [0, 0.1) is 0 Å². The van der Waals surface area contributed by atoms with E-state index in [1.807, 2.05) is 18.2 Å². The van der Waals surface area contributed by atoms with Gasteiger partial charge in [-0.15, -0.1) is 10.2 Å². The van der Waals surface area contributed by atoms with Crippen LogP contribution < -0.4 is 15.6 Å². The highest BCUT2D eigenvalue weighted by Crippen LogP contribution is 2.22. The van der Waals surface area contributed by atoms with Gasteiger partial charge in [0.1, 0.15) is 5.75 Å². The van der Waals surface area contributed by atoms with Crippen molar-refractivity contribution in [3.8, 4) is 5.75 Å². The Kier molecular flexibility index (Phi) is 7.27. The molecule has 1 N–H and O–H groups in total. The molecule has 4 rings (SSSR count). The molecular formula is C24H25N5O4S. The van der Waals surface area contributed by atoms with Crippen LogP contribution in [0.3, 0.4) is 0 Å². The molecule has 0 unspecified atom stereocenters. The highest BCUT2D eigenvalue weighted by molar-refractivity contribution is 7.99. The maximum Gasteiger partial charge on any atom is 0.262 e. The van der Waals surface area contributed by atoms with Gasteiger partial charge in [-0.2, -0.15) is 0 Å². The lowest BCUT2D eigenvalue weighted by Crippen LogP contribution is -2.31. The first kappa shape index (κ1) is 23.5. The van der Waals surface area contributed by atoms with Gasteiger partial charge >= 0.3 is 0 Å². The number of carbonyl (C=O) groups is 2. The lowest BCUT2D eigenvalue weighted by molar-refractivity contribution is -0.117. The molecule has 0 saturated carbocycles. The van der Waals surface area contributed by atoms with Gasteiger partial charge < -0.3 is 4.74 Å². The summed E-state index contributed by atoms with van der Waals surface area (Å²) in [7, 11) is 1.54. The van der Waals surface area contributed by atoms with E-state index < -0.39 is 11.8 Å². The van der Waals surface area contributed by atoms with Crippen LogP contribution in [0.5, 0.6) is 5.75 Å². The second kappa shape index (κ2) is 10.5. The fourth-order valence-electron chi connectivity index (χ4n) is 3.66. The first-order chi connectivity index (χ1) is 16.5. The summed E-state index contributed by atoms with van der Waals surface area (Å²) in [6, 6.07) is 13.8. The SMILES string of the molecule is CCCCCn1c(=O)c2ccccc2n2c(SCC(=O)NC(=O)c3ccc(OC)cc3)nnc12. The molecule has 0 fully saturated rings. The summed E-state index contributed by atoms with van der Waals surface area (Å²) in [5, 5.41) is 11.9. The Balaban J connectivity index is 1.55. The first-order valence-electron chi connectivity index (χ1n) is 11.0. The van der Waals surface area contributed by atoms with Crippen molar-refractivity contribution in [1.29, 1.82) is 0 Å². The highest BCUT2D eigenvalue weighted by atomic mass is 32.2. The molecule has 0 atom stereocenters. The minimum Gasteiger partial charge on any atom is -0.497 e. The number of rotatable bonds is 9. The molecule has 4 aromatic rings. The smallest absolute Gasteiger partial charge is 0.262 e. The molecule has 9 nitrogen and oxygen atoms in total. The van der Waals surface area contributed by atoms with E-state index in [4.69, 9.17) is 4.74 Å². The number of carbonyl (C=O) groups excluding carboxylic acids is 2. The highest BCUT2D eigenvalue weighted by Gasteiger charge is 2.18. The predicted molar refractivity (Wildman–Crippen MR) is 130 cm³/mol. The van der Waals surface area contributed by atoms with Crippen LogP contribution in [-0.2, 0) is 11.3 Å². The number of methoxy groups -OCH3 is 1. The number of amides is 2. The van der Waals surface area contributed by atoms with Crippen molar-refractivity contribution in [3.05, 3.63) is 64.4 Å². The minimum atomic E-state index is -0.491. The fraction of sp³-hybridized carbons (Fsp3) is 0.292. The number of hydrogen-bond acceptors (Lipinski definition) is 7. The van der Waals surface area contributed by atoms with E-state index in [-0.39, 0.29) is 11.3 Å². The number of nitrogens with one attached hydrogen (secondary N) is 1. The van der Waals surface area contributed by atoms with E-state index in [9.17, 15) is 14.4 Å². The molecule has 0 bridgehead atoms. The fourth-order valence-corrected chi connectivity index (χ4v) is 4.40. The zero-order chi connectivity index (χ0) is 24.1. The number of aryl methyl sites for hydroxylation is 1. The molecular weight excluding hydrogens is 454 g/mol. The molecule has 0 radical (unpaired) electrons. The van der Waals surface area contributed by atoms with Crippen molar-refractivity contribution in [2.45, 2.75) is 37.9 Å². The standard InChI is InChI=1S/C24H25N5O4S/c1-3-4-7-14-28-22(32)18-8-5-6-9-19(18)29-23(28)26-27-24(29)34-15-20(30)25-21(31)16-10-12-17(33-2)13-11-16/h5-6,8-13H,3-4,7,14-15H2,1-2H3,(H,25,30,31). The van der Waals surface area contributed by atoms with Crippen molar-refractivity contribution in [1.82, 2.24) is 24.5 Å². The van der Waals surface area contributed by atoms with Crippen LogP contribution in [0.1, 0.15) is 36.5 Å². The normalized spacial score (nSPS) is 11.1. The first-order valence-corrected chi connectivity index (χ1v) is 12.0. The largest absolute Gasteiger partial charge is 0.497 e. The Morgan fingerprint density at radius 1 is 1.06 bits per heavy atom. The van der Waals surface area contributed by atoms with E-state index >= 15 is 0 Å². The molecule has 2 aromatic carbocycles. The Labute approximate surface area is 200 Å². The Morgan fingerprint density at radius 3 is 2.56 bits per heavy atom. The van der Waals surface area contributed by atoms with Crippen LogP contribution >= 0.6 is 11.8 Å². The summed E-state index contributed by atoms with van der Waals surface area (Å²) in [5.74, 6) is 0.0821. The van der Waals surface area contributed by atoms with Crippen LogP contribution in [0.2, 0.25) is 0 Å². The molecule has 2 heterocycles. The summed E-state index contributed by atoms with van der Waals surface area (Å²) >= 11 is 1.16. The number of ether oxygens (including phenoxy) is 1. The molecule has 2 amide bonds. The molecule has 0 spiro atoms. The molecule has 0 aliphatic rings. The van der Waals surface area contributed by atoms with Crippen molar-refractivity contribution < 1.29 is 14.3 Å². The zero-order valence-corrected chi connectivity index (χ0v) is 19.8. The molecule has 34 heavy (non-hydrogen) atoms. The van der Waals surface area contributed by atoms with Crippen molar-refractivity contribution >= 4 is 40.3 Å². The van der Waals surface area contributed by atoms with E-state index in [2.05, 4.69) is 22.4 Å². The number of para-hydroxylation sites is 1. The third-order valence-corrected chi connectivity index (χ3v) is 6.33. The van der Waals surface area contributed by atoms with Gasteiger partial charge in [-0.05, 0) is 42.8 Å². The Hall–Kier alpha value is -3.66. The third-order valence-electron chi connectivity index (χ3n) is 5.40. The van der Waals surface area contributed by atoms with Crippen molar-refractivity contribution in [2.24, 2.45) is 0 Å². The van der Waals surface area contributed by atoms with E-state index in [0.29, 0.717) is 39.7 Å². The molecule has 2 aromatic heterocycles. The number of fused-ring (bicyclic) bond motifs is 3. The maximum absolute atomic E-state index is 13.1. The van der Waals surface area contributed by atoms with Crippen molar-refractivity contribution in [3.63, 3.8) is 0 Å². The maximum atomic E-state index is 13.1. The molecule has 176 valence electrons. The van der Waals surface area contributed by atoms with Gasteiger partial charge in [-0.25, -0.2) is 0 Å². The zero-order valence-electron chi connectivity index (χ0n) is 19.0. The van der Waals surface area contributed by atoms with Crippen LogP contribution in [0.15, 0.2) is 58.5 Å². The second-order valence-corrected chi connectivity index (χ2v) is 8.64.